The summed E-state index contributed by atoms with van der Waals surface area (Å²) in [5.41, 5.74) is 2.33. The fourth-order valence-corrected chi connectivity index (χ4v) is 2.14. The average Bonchev–Trinajstić information content (AvgIpc) is 2.17. The van der Waals surface area contributed by atoms with Gasteiger partial charge in [-0.1, -0.05) is 52.2 Å². The van der Waals surface area contributed by atoms with Crippen LogP contribution < -0.4 is 0 Å². The number of benzene rings is 1. The van der Waals surface area contributed by atoms with Gasteiger partial charge < -0.3 is 0 Å². The summed E-state index contributed by atoms with van der Waals surface area (Å²) in [6, 6.07) is 5.74. The zero-order chi connectivity index (χ0) is 10.6. The van der Waals surface area contributed by atoms with Gasteiger partial charge in [-0.3, -0.25) is 0 Å². The molecule has 0 fully saturated rings. The second kappa shape index (κ2) is 5.79. The van der Waals surface area contributed by atoms with Gasteiger partial charge in [0.25, 0.3) is 0 Å². The number of hydrogen-bond donors (Lipinski definition) is 0. The lowest BCUT2D eigenvalue weighted by molar-refractivity contribution is 1.12. The Bertz CT molecular complexity index is 339. The van der Waals surface area contributed by atoms with Crippen molar-refractivity contribution in [1.82, 2.24) is 0 Å². The molecule has 0 atom stereocenters. The summed E-state index contributed by atoms with van der Waals surface area (Å²) in [5.74, 6) is 0.575. The van der Waals surface area contributed by atoms with E-state index in [-0.39, 0.29) is 0 Å². The summed E-state index contributed by atoms with van der Waals surface area (Å²) < 4.78 is 1.00. The van der Waals surface area contributed by atoms with Gasteiger partial charge in [-0.15, -0.1) is 11.6 Å². The van der Waals surface area contributed by atoms with Crippen molar-refractivity contribution in [3.8, 4) is 0 Å². The summed E-state index contributed by atoms with van der Waals surface area (Å²) in [6.45, 7) is 2.10. The summed E-state index contributed by atoms with van der Waals surface area (Å²) in [5, 5.41) is 0.734. The van der Waals surface area contributed by atoms with Crippen molar-refractivity contribution in [3.05, 3.63) is 38.8 Å². The molecule has 0 aromatic heterocycles. The Morgan fingerprint density at radius 1 is 1.50 bits per heavy atom. The molecule has 3 heteroatoms. The number of hydrogen-bond acceptors (Lipinski definition) is 0. The quantitative estimate of drug-likeness (QED) is 0.677. The Morgan fingerprint density at radius 2 is 2.21 bits per heavy atom. The van der Waals surface area contributed by atoms with E-state index in [2.05, 4.69) is 28.9 Å². The minimum Gasteiger partial charge on any atom is -0.122 e. The smallest absolute Gasteiger partial charge is 0.0436 e. The fraction of sp³-hybridized carbons (Fsp3) is 0.273. The Labute approximate surface area is 103 Å². The molecule has 76 valence electrons. The van der Waals surface area contributed by atoms with Crippen molar-refractivity contribution in [2.24, 2.45) is 0 Å². The monoisotopic (exact) mass is 292 g/mol. The SMILES string of the molecule is CC/C(=C/c1ccc(Cl)cc1Br)CCl. The van der Waals surface area contributed by atoms with Gasteiger partial charge in [-0.05, 0) is 24.1 Å². The molecular weight excluding hydrogens is 283 g/mol. The van der Waals surface area contributed by atoms with Crippen LogP contribution in [0.1, 0.15) is 18.9 Å². The third-order valence-corrected chi connectivity index (χ3v) is 3.21. The van der Waals surface area contributed by atoms with Crippen LogP contribution >= 0.6 is 39.1 Å². The second-order valence-electron chi connectivity index (χ2n) is 2.96. The molecule has 0 N–H and O–H groups in total. The molecule has 1 rings (SSSR count). The lowest BCUT2D eigenvalue weighted by atomic mass is 10.1. The maximum Gasteiger partial charge on any atom is 0.0436 e. The van der Waals surface area contributed by atoms with Crippen LogP contribution in [-0.4, -0.2) is 5.88 Å². The van der Waals surface area contributed by atoms with Gasteiger partial charge in [0.15, 0.2) is 0 Å². The number of rotatable bonds is 3. The molecule has 0 heterocycles. The first-order valence-electron chi connectivity index (χ1n) is 4.37. The van der Waals surface area contributed by atoms with Crippen LogP contribution in [0, 0.1) is 0 Å². The molecule has 0 saturated heterocycles. The van der Waals surface area contributed by atoms with Gasteiger partial charge >= 0.3 is 0 Å². The van der Waals surface area contributed by atoms with Crippen LogP contribution in [-0.2, 0) is 0 Å². The summed E-state index contributed by atoms with van der Waals surface area (Å²) in [7, 11) is 0. The lowest BCUT2D eigenvalue weighted by Gasteiger charge is -2.02. The molecule has 0 unspecified atom stereocenters. The molecule has 0 spiro atoms. The summed E-state index contributed by atoms with van der Waals surface area (Å²) in [6.07, 6.45) is 3.06. The minimum atomic E-state index is 0.575. The fourth-order valence-electron chi connectivity index (χ4n) is 1.07. The highest BCUT2D eigenvalue weighted by atomic mass is 79.9. The van der Waals surface area contributed by atoms with E-state index in [1.807, 2.05) is 18.2 Å². The van der Waals surface area contributed by atoms with E-state index in [1.165, 1.54) is 5.57 Å². The standard InChI is InChI=1S/C11H11BrCl2/c1-2-8(7-13)5-9-3-4-10(14)6-11(9)12/h3-6H,2,7H2,1H3/b8-5-. The van der Waals surface area contributed by atoms with Crippen LogP contribution in [0.4, 0.5) is 0 Å². The zero-order valence-corrected chi connectivity index (χ0v) is 11.0. The van der Waals surface area contributed by atoms with Crippen molar-refractivity contribution < 1.29 is 0 Å². The summed E-state index contributed by atoms with van der Waals surface area (Å²) >= 11 is 15.1. The normalized spacial score (nSPS) is 11.9. The Kier molecular flexibility index (Phi) is 5.00. The predicted molar refractivity (Wildman–Crippen MR) is 68.1 cm³/mol. The van der Waals surface area contributed by atoms with Crippen molar-refractivity contribution in [1.29, 1.82) is 0 Å². The van der Waals surface area contributed by atoms with E-state index in [9.17, 15) is 0 Å². The van der Waals surface area contributed by atoms with E-state index in [0.717, 1.165) is 21.5 Å². The van der Waals surface area contributed by atoms with Gasteiger partial charge in [0.05, 0.1) is 0 Å². The molecule has 1 aromatic rings. The van der Waals surface area contributed by atoms with Crippen molar-refractivity contribution in [3.63, 3.8) is 0 Å². The predicted octanol–water partition coefficient (Wildman–Crippen LogP) is 5.13. The highest BCUT2D eigenvalue weighted by molar-refractivity contribution is 9.10. The molecule has 0 saturated carbocycles. The maximum atomic E-state index is 5.84. The molecule has 0 aliphatic carbocycles. The van der Waals surface area contributed by atoms with Gasteiger partial charge in [0.1, 0.15) is 0 Å². The van der Waals surface area contributed by atoms with Crippen LogP contribution in [0.5, 0.6) is 0 Å². The average molecular weight is 294 g/mol. The minimum absolute atomic E-state index is 0.575. The van der Waals surface area contributed by atoms with E-state index in [0.29, 0.717) is 5.88 Å². The molecular formula is C11H11BrCl2. The van der Waals surface area contributed by atoms with Crippen molar-refractivity contribution in [2.75, 3.05) is 5.88 Å². The number of alkyl halides is 1. The number of allylic oxidation sites excluding steroid dienone is 1. The van der Waals surface area contributed by atoms with Crippen LogP contribution in [0.25, 0.3) is 6.08 Å². The molecule has 0 aliphatic rings. The van der Waals surface area contributed by atoms with E-state index in [4.69, 9.17) is 23.2 Å². The molecule has 0 aliphatic heterocycles. The van der Waals surface area contributed by atoms with Crippen molar-refractivity contribution in [2.45, 2.75) is 13.3 Å². The van der Waals surface area contributed by atoms with E-state index in [1.54, 1.807) is 0 Å². The topological polar surface area (TPSA) is 0 Å². The zero-order valence-electron chi connectivity index (χ0n) is 7.86. The first-order chi connectivity index (χ1) is 6.67. The second-order valence-corrected chi connectivity index (χ2v) is 4.51. The van der Waals surface area contributed by atoms with Crippen molar-refractivity contribution >= 4 is 45.2 Å². The molecule has 0 amide bonds. The van der Waals surface area contributed by atoms with Gasteiger partial charge in [-0.25, -0.2) is 0 Å². The Hall–Kier alpha value is 0.0200. The van der Waals surface area contributed by atoms with Gasteiger partial charge in [-0.2, -0.15) is 0 Å². The third kappa shape index (κ3) is 3.30. The Morgan fingerprint density at radius 3 is 2.71 bits per heavy atom. The molecule has 14 heavy (non-hydrogen) atoms. The Balaban J connectivity index is 3.02. The first-order valence-corrected chi connectivity index (χ1v) is 6.08. The molecule has 1 aromatic carbocycles. The third-order valence-electron chi connectivity index (χ3n) is 1.95. The van der Waals surface area contributed by atoms with Crippen LogP contribution in [0.2, 0.25) is 5.02 Å². The van der Waals surface area contributed by atoms with Gasteiger partial charge in [0.2, 0.25) is 0 Å². The largest absolute Gasteiger partial charge is 0.122 e. The first kappa shape index (κ1) is 12.1. The van der Waals surface area contributed by atoms with E-state index >= 15 is 0 Å². The highest BCUT2D eigenvalue weighted by Crippen LogP contribution is 2.24. The molecule has 0 bridgehead atoms. The van der Waals surface area contributed by atoms with Gasteiger partial charge in [0, 0.05) is 15.4 Å². The van der Waals surface area contributed by atoms with E-state index < -0.39 is 0 Å². The number of halogens is 3. The molecule has 0 radical (unpaired) electrons. The maximum absolute atomic E-state index is 5.84. The highest BCUT2D eigenvalue weighted by Gasteiger charge is 1.99. The summed E-state index contributed by atoms with van der Waals surface area (Å²) in [4.78, 5) is 0. The van der Waals surface area contributed by atoms with Crippen LogP contribution in [0.3, 0.4) is 0 Å². The lowest BCUT2D eigenvalue weighted by Crippen LogP contribution is -1.83. The molecule has 0 nitrogen and oxygen atoms in total. The van der Waals surface area contributed by atoms with Crippen LogP contribution in [0.15, 0.2) is 28.2 Å².